The van der Waals surface area contributed by atoms with Crippen LogP contribution in [0.2, 0.25) is 5.02 Å². The second-order valence-corrected chi connectivity index (χ2v) is 8.09. The first-order valence-corrected chi connectivity index (χ1v) is 9.39. The Morgan fingerprint density at radius 1 is 1.12 bits per heavy atom. The normalized spacial score (nSPS) is 11.4. The van der Waals surface area contributed by atoms with Gasteiger partial charge in [0, 0.05) is 31.4 Å². The standard InChI is InChI=1S/C17H20ClN3O3S/c1-21(2)25(23,24)16-9-4-3-6-13(16)11-20-17(22)12-19-15-8-5-7-14(18)10-15/h3-10,19H,11-12H2,1-2H3,(H,20,22). The van der Waals surface area contributed by atoms with E-state index in [1.165, 1.54) is 20.2 Å². The summed E-state index contributed by atoms with van der Waals surface area (Å²) in [5.74, 6) is -0.253. The van der Waals surface area contributed by atoms with Crippen molar-refractivity contribution in [1.82, 2.24) is 9.62 Å². The molecule has 25 heavy (non-hydrogen) atoms. The van der Waals surface area contributed by atoms with Crippen LogP contribution >= 0.6 is 11.6 Å². The number of benzene rings is 2. The molecule has 2 aromatic rings. The third kappa shape index (κ3) is 5.19. The van der Waals surface area contributed by atoms with Crippen molar-refractivity contribution < 1.29 is 13.2 Å². The Morgan fingerprint density at radius 2 is 1.84 bits per heavy atom. The van der Waals surface area contributed by atoms with Crippen LogP contribution in [0, 0.1) is 0 Å². The highest BCUT2D eigenvalue weighted by atomic mass is 35.5. The summed E-state index contributed by atoms with van der Waals surface area (Å²) in [5, 5.41) is 6.26. The Kier molecular flexibility index (Phi) is 6.41. The molecule has 0 aliphatic rings. The summed E-state index contributed by atoms with van der Waals surface area (Å²) in [4.78, 5) is 12.2. The maximum atomic E-state index is 12.3. The van der Waals surface area contributed by atoms with Crippen molar-refractivity contribution in [3.63, 3.8) is 0 Å². The summed E-state index contributed by atoms with van der Waals surface area (Å²) in [6.45, 7) is 0.183. The van der Waals surface area contributed by atoms with E-state index in [-0.39, 0.29) is 23.9 Å². The van der Waals surface area contributed by atoms with Crippen LogP contribution in [0.15, 0.2) is 53.4 Å². The minimum absolute atomic E-state index is 0.0585. The molecule has 1 amide bonds. The van der Waals surface area contributed by atoms with E-state index in [1.54, 1.807) is 42.5 Å². The van der Waals surface area contributed by atoms with Gasteiger partial charge in [0.15, 0.2) is 0 Å². The lowest BCUT2D eigenvalue weighted by molar-refractivity contribution is -0.119. The van der Waals surface area contributed by atoms with Crippen molar-refractivity contribution in [3.8, 4) is 0 Å². The highest BCUT2D eigenvalue weighted by molar-refractivity contribution is 7.89. The molecule has 0 radical (unpaired) electrons. The topological polar surface area (TPSA) is 78.5 Å². The van der Waals surface area contributed by atoms with Gasteiger partial charge in [0.25, 0.3) is 0 Å². The van der Waals surface area contributed by atoms with Gasteiger partial charge in [0.1, 0.15) is 0 Å². The van der Waals surface area contributed by atoms with Crippen molar-refractivity contribution in [2.24, 2.45) is 0 Å². The molecule has 0 aliphatic heterocycles. The minimum atomic E-state index is -3.56. The highest BCUT2D eigenvalue weighted by Gasteiger charge is 2.20. The summed E-state index contributed by atoms with van der Waals surface area (Å²) in [6.07, 6.45) is 0. The molecule has 0 spiro atoms. The molecular weight excluding hydrogens is 362 g/mol. The van der Waals surface area contributed by atoms with E-state index in [4.69, 9.17) is 11.6 Å². The van der Waals surface area contributed by atoms with Gasteiger partial charge in [-0.15, -0.1) is 0 Å². The number of hydrogen-bond acceptors (Lipinski definition) is 4. The predicted octanol–water partition coefficient (Wildman–Crippen LogP) is 2.32. The number of anilines is 1. The molecule has 134 valence electrons. The maximum Gasteiger partial charge on any atom is 0.242 e. The molecule has 8 heteroatoms. The summed E-state index contributed by atoms with van der Waals surface area (Å²) in [5.41, 5.74) is 1.27. The molecule has 0 fully saturated rings. The van der Waals surface area contributed by atoms with E-state index >= 15 is 0 Å². The van der Waals surface area contributed by atoms with Crippen LogP contribution in [-0.4, -0.2) is 39.3 Å². The zero-order chi connectivity index (χ0) is 18.4. The molecule has 2 aromatic carbocycles. The first kappa shape index (κ1) is 19.2. The molecule has 2 N–H and O–H groups in total. The lowest BCUT2D eigenvalue weighted by Gasteiger charge is -2.15. The van der Waals surface area contributed by atoms with Gasteiger partial charge in [0.2, 0.25) is 15.9 Å². The van der Waals surface area contributed by atoms with Gasteiger partial charge in [-0.25, -0.2) is 12.7 Å². The third-order valence-corrected chi connectivity index (χ3v) is 5.64. The van der Waals surface area contributed by atoms with E-state index in [0.29, 0.717) is 10.6 Å². The van der Waals surface area contributed by atoms with Crippen molar-refractivity contribution in [2.75, 3.05) is 26.0 Å². The Bertz CT molecular complexity index is 854. The lowest BCUT2D eigenvalue weighted by atomic mass is 10.2. The molecule has 0 unspecified atom stereocenters. The average molecular weight is 382 g/mol. The van der Waals surface area contributed by atoms with Crippen molar-refractivity contribution >= 4 is 33.2 Å². The molecule has 6 nitrogen and oxygen atoms in total. The van der Waals surface area contributed by atoms with E-state index in [2.05, 4.69) is 10.6 Å². The fraction of sp³-hybridized carbons (Fsp3) is 0.235. The Hall–Kier alpha value is -2.09. The summed E-state index contributed by atoms with van der Waals surface area (Å²) in [7, 11) is -0.620. The first-order valence-electron chi connectivity index (χ1n) is 7.57. The fourth-order valence-corrected chi connectivity index (χ4v) is 3.44. The quantitative estimate of drug-likeness (QED) is 0.771. The van der Waals surface area contributed by atoms with Crippen LogP contribution in [0.3, 0.4) is 0 Å². The molecule has 0 atom stereocenters. The lowest BCUT2D eigenvalue weighted by Crippen LogP contribution is -2.30. The number of halogens is 1. The van der Waals surface area contributed by atoms with Crippen molar-refractivity contribution in [1.29, 1.82) is 0 Å². The Labute approximate surface area is 152 Å². The Morgan fingerprint density at radius 3 is 2.52 bits per heavy atom. The second kappa shape index (κ2) is 8.33. The van der Waals surface area contributed by atoms with Gasteiger partial charge < -0.3 is 10.6 Å². The van der Waals surface area contributed by atoms with Crippen molar-refractivity contribution in [3.05, 3.63) is 59.1 Å². The third-order valence-electron chi connectivity index (χ3n) is 3.48. The molecular formula is C17H20ClN3O3S. The zero-order valence-electron chi connectivity index (χ0n) is 14.0. The number of carbonyl (C=O) groups is 1. The molecule has 0 heterocycles. The number of nitrogens with zero attached hydrogens (tertiary/aromatic N) is 1. The second-order valence-electron chi connectivity index (χ2n) is 5.54. The number of carbonyl (C=O) groups excluding carboxylic acids is 1. The average Bonchev–Trinajstić information content (AvgIpc) is 2.58. The van der Waals surface area contributed by atoms with Crippen LogP contribution in [0.1, 0.15) is 5.56 Å². The number of sulfonamides is 1. The summed E-state index contributed by atoms with van der Waals surface area (Å²) >= 11 is 5.89. The van der Waals surface area contributed by atoms with Gasteiger partial charge >= 0.3 is 0 Å². The minimum Gasteiger partial charge on any atom is -0.376 e. The molecule has 0 saturated carbocycles. The molecule has 0 aliphatic carbocycles. The van der Waals surface area contributed by atoms with E-state index in [9.17, 15) is 13.2 Å². The van der Waals surface area contributed by atoms with Gasteiger partial charge in [-0.1, -0.05) is 35.9 Å². The van der Waals surface area contributed by atoms with E-state index in [1.807, 2.05) is 0 Å². The molecule has 2 rings (SSSR count). The first-order chi connectivity index (χ1) is 11.8. The Balaban J connectivity index is 1.98. The zero-order valence-corrected chi connectivity index (χ0v) is 15.6. The van der Waals surface area contributed by atoms with Crippen LogP contribution in [0.25, 0.3) is 0 Å². The van der Waals surface area contributed by atoms with Gasteiger partial charge in [-0.05, 0) is 29.8 Å². The fourth-order valence-electron chi connectivity index (χ4n) is 2.14. The SMILES string of the molecule is CN(C)S(=O)(=O)c1ccccc1CNC(=O)CNc1cccc(Cl)c1. The summed E-state index contributed by atoms with van der Waals surface area (Å²) in [6, 6.07) is 13.6. The maximum absolute atomic E-state index is 12.3. The number of rotatable bonds is 7. The van der Waals surface area contributed by atoms with Gasteiger partial charge in [-0.2, -0.15) is 0 Å². The van der Waals surface area contributed by atoms with Crippen LogP contribution < -0.4 is 10.6 Å². The number of amides is 1. The van der Waals surface area contributed by atoms with Gasteiger partial charge in [0.05, 0.1) is 11.4 Å². The largest absolute Gasteiger partial charge is 0.376 e. The monoisotopic (exact) mass is 381 g/mol. The molecule has 0 saturated heterocycles. The highest BCUT2D eigenvalue weighted by Crippen LogP contribution is 2.18. The smallest absolute Gasteiger partial charge is 0.242 e. The molecule has 0 aromatic heterocycles. The van der Waals surface area contributed by atoms with E-state index < -0.39 is 10.0 Å². The number of hydrogen-bond donors (Lipinski definition) is 2. The predicted molar refractivity (Wildman–Crippen MR) is 99.1 cm³/mol. The van der Waals surface area contributed by atoms with Crippen LogP contribution in [0.4, 0.5) is 5.69 Å². The van der Waals surface area contributed by atoms with E-state index in [0.717, 1.165) is 9.99 Å². The van der Waals surface area contributed by atoms with Gasteiger partial charge in [-0.3, -0.25) is 4.79 Å². The molecule has 0 bridgehead atoms. The van der Waals surface area contributed by atoms with Crippen LogP contribution in [0.5, 0.6) is 0 Å². The van der Waals surface area contributed by atoms with Crippen molar-refractivity contribution in [2.45, 2.75) is 11.4 Å². The number of nitrogens with one attached hydrogen (secondary N) is 2. The van der Waals surface area contributed by atoms with Crippen LogP contribution in [-0.2, 0) is 21.4 Å². The summed E-state index contributed by atoms with van der Waals surface area (Å²) < 4.78 is 25.8.